The second kappa shape index (κ2) is 21.2. The largest absolute Gasteiger partial charge is 4.00 e. The van der Waals surface area contributed by atoms with E-state index in [9.17, 15) is 0 Å². The van der Waals surface area contributed by atoms with Gasteiger partial charge in [0.1, 0.15) is 19.0 Å². The molecule has 0 amide bonds. The molecule has 2 heterocycles. The molecule has 0 fully saturated rings. The van der Waals surface area contributed by atoms with Gasteiger partial charge in [-0.1, -0.05) is 49.7 Å². The molecule has 46 heavy (non-hydrogen) atoms. The molecule has 8 rings (SSSR count). The fourth-order valence-corrected chi connectivity index (χ4v) is 6.73. The fraction of sp³-hybridized carbons (Fsp3) is 0.158. The number of rotatable bonds is 2. The number of allylic oxidation sites excluding steroid dienone is 6. The Balaban J connectivity index is 0.000000300. The van der Waals surface area contributed by atoms with Gasteiger partial charge in [0.05, 0.1) is 6.26 Å². The number of hydrogen-bond donors (Lipinski definition) is 0. The van der Waals surface area contributed by atoms with Crippen molar-refractivity contribution in [3.05, 3.63) is 155 Å². The molecule has 4 aromatic rings. The molecule has 0 aromatic heterocycles. The van der Waals surface area contributed by atoms with Crippen molar-refractivity contribution in [2.75, 3.05) is 13.2 Å². The quantitative estimate of drug-likeness (QED) is 0.229. The van der Waals surface area contributed by atoms with Crippen LogP contribution in [0.2, 0.25) is 26.2 Å². The van der Waals surface area contributed by atoms with Crippen molar-refractivity contribution in [1.82, 2.24) is 0 Å². The van der Waals surface area contributed by atoms with E-state index in [1.807, 2.05) is 6.26 Å². The van der Waals surface area contributed by atoms with Crippen LogP contribution in [0.5, 0.6) is 0 Å². The molecular formula is C38H38Cl2O2Si2Zr2+4. The van der Waals surface area contributed by atoms with Gasteiger partial charge in [-0.25, -0.2) is 0 Å². The van der Waals surface area contributed by atoms with Crippen molar-refractivity contribution < 1.29 is 86.7 Å². The molecule has 4 aromatic carbocycles. The molecule has 2 aliphatic heterocycles. The van der Waals surface area contributed by atoms with E-state index in [0.717, 1.165) is 19.0 Å². The van der Waals surface area contributed by atoms with Crippen LogP contribution in [0.4, 0.5) is 0 Å². The van der Waals surface area contributed by atoms with E-state index in [4.69, 9.17) is 9.47 Å². The molecule has 228 valence electrons. The van der Waals surface area contributed by atoms with E-state index in [0.29, 0.717) is 0 Å². The summed E-state index contributed by atoms with van der Waals surface area (Å²) in [5.41, 5.74) is 11.3. The second-order valence-electron chi connectivity index (χ2n) is 11.1. The molecular weight excluding hydrogens is 798 g/mol. The van der Waals surface area contributed by atoms with Crippen molar-refractivity contribution in [1.29, 1.82) is 0 Å². The minimum absolute atomic E-state index is 0. The summed E-state index contributed by atoms with van der Waals surface area (Å²) in [4.78, 5) is 0. The predicted octanol–water partition coefficient (Wildman–Crippen LogP) is 2.93. The van der Waals surface area contributed by atoms with Gasteiger partial charge in [0.25, 0.3) is 0 Å². The maximum absolute atomic E-state index is 5.40. The topological polar surface area (TPSA) is 18.5 Å². The summed E-state index contributed by atoms with van der Waals surface area (Å²) < 4.78 is 10.6. The van der Waals surface area contributed by atoms with Crippen LogP contribution in [0.3, 0.4) is 0 Å². The van der Waals surface area contributed by atoms with E-state index >= 15 is 0 Å². The Kier molecular flexibility index (Phi) is 19.5. The summed E-state index contributed by atoms with van der Waals surface area (Å²) >= 11 is 0. The number of hydrogen-bond acceptors (Lipinski definition) is 2. The smallest absolute Gasteiger partial charge is 1.00 e. The van der Waals surface area contributed by atoms with Gasteiger partial charge in [-0.3, -0.25) is 0 Å². The maximum Gasteiger partial charge on any atom is 4.00 e. The first-order valence-corrected chi connectivity index (χ1v) is 19.6. The van der Waals surface area contributed by atoms with Crippen LogP contribution >= 0.6 is 0 Å². The Bertz CT molecular complexity index is 1630. The minimum Gasteiger partial charge on any atom is -1.00 e. The van der Waals surface area contributed by atoms with Crippen LogP contribution in [0.25, 0.3) is 21.5 Å². The van der Waals surface area contributed by atoms with Gasteiger partial charge in [-0.15, -0.1) is 59.3 Å². The standard InChI is InChI=1S/2C10H12OSi.2C9H7.2ClH.2Zr/c1-12(2)7-8-3-9-5-11-6-10(9)4-8;1-12(2)7-8-5-9-3-4-11-10(9)6-8;2*1-2-5-9-7-3-6-8(9)4-1;;;;/h3-5,7H,6H2,1-2H3;3,5-7H,4H2,1-2H3;2*1-7H;2*1H;;/q;;2*-1;;;2*+4/p-2. The molecule has 0 saturated carbocycles. The zero-order chi connectivity index (χ0) is 29.3. The van der Waals surface area contributed by atoms with Crippen LogP contribution in [0.1, 0.15) is 0 Å². The third-order valence-electron chi connectivity index (χ3n) is 6.94. The Morgan fingerprint density at radius 3 is 1.67 bits per heavy atom. The van der Waals surface area contributed by atoms with E-state index in [1.54, 1.807) is 0 Å². The molecule has 0 radical (unpaired) electrons. The molecule has 0 spiro atoms. The van der Waals surface area contributed by atoms with Gasteiger partial charge >= 0.3 is 52.4 Å². The van der Waals surface area contributed by atoms with Crippen LogP contribution in [-0.4, -0.2) is 41.4 Å². The van der Waals surface area contributed by atoms with Crippen molar-refractivity contribution in [2.45, 2.75) is 26.2 Å². The average Bonchev–Trinajstić information content (AvgIpc) is 3.78. The Labute approximate surface area is 327 Å². The third-order valence-corrected chi connectivity index (χ3v) is 8.76. The minimum atomic E-state index is -0.269. The molecule has 0 N–H and O–H groups in total. The molecule has 0 unspecified atom stereocenters. The molecule has 8 heteroatoms. The number of fused-ring (bicyclic) bond motifs is 4. The summed E-state index contributed by atoms with van der Waals surface area (Å²) in [7, 11) is -0.522. The summed E-state index contributed by atoms with van der Waals surface area (Å²) in [5, 5.41) is 5.32. The average molecular weight is 836 g/mol. The third kappa shape index (κ3) is 12.3. The zero-order valence-electron chi connectivity index (χ0n) is 26.7. The first-order valence-electron chi connectivity index (χ1n) is 14.5. The van der Waals surface area contributed by atoms with Gasteiger partial charge in [0.15, 0.2) is 0 Å². The van der Waals surface area contributed by atoms with Gasteiger partial charge in [0.2, 0.25) is 0 Å². The van der Waals surface area contributed by atoms with Crippen molar-refractivity contribution in [3.63, 3.8) is 0 Å². The molecule has 0 saturated heterocycles. The van der Waals surface area contributed by atoms with E-state index < -0.39 is 0 Å². The van der Waals surface area contributed by atoms with E-state index in [1.165, 1.54) is 49.4 Å². The van der Waals surface area contributed by atoms with Gasteiger partial charge in [-0.05, 0) is 41.5 Å². The van der Waals surface area contributed by atoms with Crippen molar-refractivity contribution in [2.24, 2.45) is 0 Å². The molecule has 0 bridgehead atoms. The van der Waals surface area contributed by atoms with Crippen molar-refractivity contribution >= 4 is 49.7 Å². The monoisotopic (exact) mass is 832 g/mol. The first-order chi connectivity index (χ1) is 20.4. The van der Waals surface area contributed by atoms with Gasteiger partial charge in [-0.2, -0.15) is 35.0 Å². The number of benzene rings is 2. The zero-order valence-corrected chi connectivity index (χ0v) is 35.1. The summed E-state index contributed by atoms with van der Waals surface area (Å²) in [6, 6.07) is 29.3. The predicted molar refractivity (Wildman–Crippen MR) is 187 cm³/mol. The molecule has 2 nitrogen and oxygen atoms in total. The van der Waals surface area contributed by atoms with E-state index in [2.05, 4.69) is 153 Å². The maximum atomic E-state index is 5.40. The van der Waals surface area contributed by atoms with Crippen molar-refractivity contribution in [3.8, 4) is 0 Å². The number of ether oxygens (including phenoxy) is 2. The Morgan fingerprint density at radius 2 is 1.17 bits per heavy atom. The van der Waals surface area contributed by atoms with Crippen LogP contribution < -0.4 is 24.8 Å². The van der Waals surface area contributed by atoms with Crippen LogP contribution in [-0.2, 0) is 61.9 Å². The Hall–Kier alpha value is -1.78. The second-order valence-corrected chi connectivity index (χ2v) is 16.0. The fourth-order valence-electron chi connectivity index (χ4n) is 5.06. The SMILES string of the molecule is C[Si](C)=CC1=CC2=CCOC2=C1.C[Si](C)=CC1=CC2=COCC2=C1.[Cl-].[Cl-].[Zr+4].[Zr+4].c1ccc2[cH-]ccc2c1.c1ccc2[cH-]ccc2c1. The normalized spacial score (nSPS) is 13.9. The van der Waals surface area contributed by atoms with Crippen LogP contribution in [0, 0.1) is 0 Å². The Morgan fingerprint density at radius 1 is 0.652 bits per heavy atom. The van der Waals surface area contributed by atoms with E-state index in [-0.39, 0.29) is 94.0 Å². The molecule has 2 aliphatic carbocycles. The van der Waals surface area contributed by atoms with Crippen LogP contribution in [0.15, 0.2) is 155 Å². The summed E-state index contributed by atoms with van der Waals surface area (Å²) in [6.45, 7) is 10.7. The number of halogens is 2. The molecule has 4 aliphatic rings. The molecule has 0 atom stereocenters. The first kappa shape index (κ1) is 42.2. The summed E-state index contributed by atoms with van der Waals surface area (Å²) in [5.74, 6) is 1.06. The van der Waals surface area contributed by atoms with Gasteiger partial charge in [0, 0.05) is 33.5 Å². The van der Waals surface area contributed by atoms with Gasteiger partial charge < -0.3 is 34.3 Å². The summed E-state index contributed by atoms with van der Waals surface area (Å²) in [6.07, 6.45) is 12.8.